The molecule has 0 saturated carbocycles. The van der Waals surface area contributed by atoms with Crippen LogP contribution in [-0.2, 0) is 0 Å². The molecule has 1 rings (SSSR count). The van der Waals surface area contributed by atoms with Gasteiger partial charge >= 0.3 is 0 Å². The Morgan fingerprint density at radius 1 is 1.56 bits per heavy atom. The van der Waals surface area contributed by atoms with Gasteiger partial charge in [-0.05, 0) is 6.92 Å². The Balaban J connectivity index is 2.70. The van der Waals surface area contributed by atoms with Crippen molar-refractivity contribution in [3.63, 3.8) is 0 Å². The zero-order valence-electron chi connectivity index (χ0n) is 6.42. The van der Waals surface area contributed by atoms with Gasteiger partial charge in [0.05, 0.1) is 16.0 Å². The molecule has 0 N–H and O–H groups in total. The molecule has 0 saturated heterocycles. The quantitative estimate of drug-likeness (QED) is 0.399. The van der Waals surface area contributed by atoms with Gasteiger partial charge in [0.15, 0.2) is 0 Å². The van der Waals surface area contributed by atoms with E-state index >= 15 is 0 Å². The lowest BCUT2D eigenvalue weighted by Gasteiger charge is -2.23. The molecule has 1 unspecified atom stereocenters. The lowest BCUT2D eigenvalue weighted by atomic mass is 10.7. The Morgan fingerprint density at radius 2 is 2.11 bits per heavy atom. The van der Waals surface area contributed by atoms with Crippen LogP contribution in [0.1, 0.15) is 6.92 Å². The summed E-state index contributed by atoms with van der Waals surface area (Å²) in [4.78, 5) is 4.38. The van der Waals surface area contributed by atoms with Crippen LogP contribution in [0.3, 0.4) is 0 Å². The van der Waals surface area contributed by atoms with E-state index < -0.39 is 0 Å². The number of hydrogen-bond acceptors (Lipinski definition) is 3. The normalized spacial score (nSPS) is 29.4. The van der Waals surface area contributed by atoms with Crippen molar-refractivity contribution >= 4 is 16.1 Å². The van der Waals surface area contributed by atoms with Gasteiger partial charge in [-0.15, -0.1) is 0 Å². The third-order valence-corrected chi connectivity index (χ3v) is 2.86. The van der Waals surface area contributed by atoms with Crippen molar-refractivity contribution < 1.29 is 0 Å². The maximum atomic E-state index is 4.38. The van der Waals surface area contributed by atoms with Crippen molar-refractivity contribution in [2.24, 2.45) is 4.99 Å². The molecular formula is C5H13N3Si. The van der Waals surface area contributed by atoms with Crippen LogP contribution in [0.5, 0.6) is 0 Å². The smallest absolute Gasteiger partial charge is 0.111 e. The van der Waals surface area contributed by atoms with E-state index in [1.807, 2.05) is 14.0 Å². The number of rotatable bonds is 0. The van der Waals surface area contributed by atoms with Crippen LogP contribution >= 0.6 is 0 Å². The van der Waals surface area contributed by atoms with Gasteiger partial charge in [0.2, 0.25) is 0 Å². The van der Waals surface area contributed by atoms with Crippen molar-refractivity contribution in [3.05, 3.63) is 0 Å². The second-order valence-electron chi connectivity index (χ2n) is 2.41. The zero-order chi connectivity index (χ0) is 7.02. The molecule has 0 fully saturated rings. The lowest BCUT2D eigenvalue weighted by molar-refractivity contribution is 0.117. The predicted octanol–water partition coefficient (Wildman–Crippen LogP) is -1.15. The molecular weight excluding hydrogens is 130 g/mol. The highest BCUT2D eigenvalue weighted by Gasteiger charge is 2.20. The van der Waals surface area contributed by atoms with Crippen molar-refractivity contribution in [2.45, 2.75) is 12.7 Å². The minimum Gasteiger partial charge on any atom is -0.295 e. The van der Waals surface area contributed by atoms with Gasteiger partial charge in [0.25, 0.3) is 0 Å². The highest BCUT2D eigenvalue weighted by atomic mass is 28.1. The molecule has 0 spiro atoms. The Hall–Kier alpha value is -0.353. The molecule has 0 radical (unpaired) electrons. The van der Waals surface area contributed by atoms with E-state index in [-0.39, 0.29) is 0 Å². The first-order chi connectivity index (χ1) is 4.13. The molecule has 1 heterocycles. The summed E-state index contributed by atoms with van der Waals surface area (Å²) >= 11 is 0. The summed E-state index contributed by atoms with van der Waals surface area (Å²) < 4.78 is 0. The van der Waals surface area contributed by atoms with E-state index in [0.29, 0.717) is 5.79 Å². The Labute approximate surface area is 58.7 Å². The van der Waals surface area contributed by atoms with Crippen molar-refractivity contribution in [2.75, 3.05) is 14.1 Å². The fourth-order valence-electron chi connectivity index (χ4n) is 0.916. The van der Waals surface area contributed by atoms with E-state index in [4.69, 9.17) is 0 Å². The minimum absolute atomic E-state index is 0.454. The molecule has 0 aromatic heterocycles. The van der Waals surface area contributed by atoms with Gasteiger partial charge in [0, 0.05) is 14.1 Å². The van der Waals surface area contributed by atoms with Crippen LogP contribution in [0.15, 0.2) is 4.99 Å². The van der Waals surface area contributed by atoms with Gasteiger partial charge in [-0.3, -0.25) is 10.0 Å². The van der Waals surface area contributed by atoms with Gasteiger partial charge in [-0.2, -0.15) is 0 Å². The molecule has 0 amide bonds. The molecule has 3 nitrogen and oxygen atoms in total. The van der Waals surface area contributed by atoms with Crippen molar-refractivity contribution in [1.82, 2.24) is 10.0 Å². The Bertz CT molecular complexity index is 145. The van der Waals surface area contributed by atoms with Gasteiger partial charge in [-0.25, -0.2) is 5.01 Å². The average molecular weight is 143 g/mol. The van der Waals surface area contributed by atoms with E-state index in [1.54, 1.807) is 0 Å². The highest BCUT2D eigenvalue weighted by molar-refractivity contribution is 6.13. The standard InChI is InChI=1S/C5H13N3Si/c1-4-6-5(9)8(3)7(4)2/h5H,1-3,9H3. The maximum absolute atomic E-state index is 4.38. The second-order valence-corrected chi connectivity index (χ2v) is 3.44. The van der Waals surface area contributed by atoms with Gasteiger partial charge < -0.3 is 0 Å². The molecule has 1 atom stereocenters. The molecule has 0 aromatic carbocycles. The van der Waals surface area contributed by atoms with Crippen LogP contribution < -0.4 is 0 Å². The fourth-order valence-corrected chi connectivity index (χ4v) is 1.64. The van der Waals surface area contributed by atoms with Gasteiger partial charge in [-0.1, -0.05) is 0 Å². The number of aliphatic imine (C=N–C) groups is 1. The lowest BCUT2D eigenvalue weighted by Crippen LogP contribution is -2.38. The average Bonchev–Trinajstić information content (AvgIpc) is 1.98. The Morgan fingerprint density at radius 3 is 2.22 bits per heavy atom. The largest absolute Gasteiger partial charge is 0.295 e. The third kappa shape index (κ3) is 0.996. The first-order valence-corrected chi connectivity index (χ1v) is 4.29. The summed E-state index contributed by atoms with van der Waals surface area (Å²) in [5.74, 6) is 1.58. The molecule has 9 heavy (non-hydrogen) atoms. The van der Waals surface area contributed by atoms with E-state index in [2.05, 4.69) is 22.1 Å². The number of amidine groups is 1. The van der Waals surface area contributed by atoms with Crippen LogP contribution in [0.25, 0.3) is 0 Å². The third-order valence-electron chi connectivity index (χ3n) is 1.86. The van der Waals surface area contributed by atoms with Crippen LogP contribution in [0, 0.1) is 0 Å². The fraction of sp³-hybridized carbons (Fsp3) is 0.800. The summed E-state index contributed by atoms with van der Waals surface area (Å²) in [7, 11) is 5.22. The van der Waals surface area contributed by atoms with Crippen LogP contribution in [0.2, 0.25) is 0 Å². The van der Waals surface area contributed by atoms with Crippen LogP contribution in [-0.4, -0.2) is 46.0 Å². The first-order valence-electron chi connectivity index (χ1n) is 3.14. The second kappa shape index (κ2) is 2.11. The van der Waals surface area contributed by atoms with Gasteiger partial charge in [0.1, 0.15) is 5.84 Å². The summed E-state index contributed by atoms with van der Waals surface area (Å²) in [5.41, 5.74) is 0. The summed E-state index contributed by atoms with van der Waals surface area (Å²) in [6, 6.07) is 0. The molecule has 1 aliphatic rings. The molecule has 4 heteroatoms. The Kier molecular flexibility index (Phi) is 1.59. The van der Waals surface area contributed by atoms with E-state index in [0.717, 1.165) is 16.1 Å². The molecule has 0 bridgehead atoms. The monoisotopic (exact) mass is 143 g/mol. The minimum atomic E-state index is 0.454. The topological polar surface area (TPSA) is 18.8 Å². The summed E-state index contributed by atoms with van der Waals surface area (Å²) in [6.45, 7) is 2.04. The van der Waals surface area contributed by atoms with Crippen molar-refractivity contribution in [3.8, 4) is 0 Å². The number of nitrogens with zero attached hydrogens (tertiary/aromatic N) is 3. The molecule has 52 valence electrons. The number of hydrazine groups is 1. The summed E-state index contributed by atoms with van der Waals surface area (Å²) in [5, 5.41) is 4.24. The maximum Gasteiger partial charge on any atom is 0.111 e. The molecule has 0 aromatic rings. The predicted molar refractivity (Wildman–Crippen MR) is 42.4 cm³/mol. The molecule has 1 aliphatic heterocycles. The number of hydrogen-bond donors (Lipinski definition) is 0. The summed E-state index contributed by atoms with van der Waals surface area (Å²) in [6.07, 6.45) is 0. The SMILES string of the molecule is CC1=NC([SiH3])N(C)N1C. The van der Waals surface area contributed by atoms with Crippen LogP contribution in [0.4, 0.5) is 0 Å². The van der Waals surface area contributed by atoms with E-state index in [1.165, 1.54) is 0 Å². The highest BCUT2D eigenvalue weighted by Crippen LogP contribution is 2.07. The molecule has 0 aliphatic carbocycles. The first kappa shape index (κ1) is 6.76. The zero-order valence-corrected chi connectivity index (χ0v) is 8.42. The van der Waals surface area contributed by atoms with E-state index in [9.17, 15) is 0 Å². The van der Waals surface area contributed by atoms with Crippen molar-refractivity contribution in [1.29, 1.82) is 0 Å².